The van der Waals surface area contributed by atoms with Crippen molar-refractivity contribution < 1.29 is 0 Å². The van der Waals surface area contributed by atoms with Gasteiger partial charge in [0.05, 0.1) is 5.69 Å². The van der Waals surface area contributed by atoms with Crippen LogP contribution in [0.1, 0.15) is 5.56 Å². The monoisotopic (exact) mass is 247 g/mol. The van der Waals surface area contributed by atoms with Gasteiger partial charge in [0.15, 0.2) is 5.96 Å². The third-order valence-electron chi connectivity index (χ3n) is 3.28. The average molecular weight is 247 g/mol. The Morgan fingerprint density at radius 3 is 2.39 bits per heavy atom. The highest BCUT2D eigenvalue weighted by atomic mass is 15.2. The summed E-state index contributed by atoms with van der Waals surface area (Å²) in [5.74, 6) is 0.0988. The van der Waals surface area contributed by atoms with Crippen molar-refractivity contribution in [3.05, 3.63) is 23.8 Å². The van der Waals surface area contributed by atoms with Gasteiger partial charge >= 0.3 is 0 Å². The molecule has 1 fully saturated rings. The highest BCUT2D eigenvalue weighted by Gasteiger charge is 2.15. The van der Waals surface area contributed by atoms with Crippen molar-refractivity contribution in [3.8, 4) is 0 Å². The summed E-state index contributed by atoms with van der Waals surface area (Å²) in [6.45, 7) is 6.45. The summed E-state index contributed by atoms with van der Waals surface area (Å²) in [4.78, 5) is 8.82. The summed E-state index contributed by atoms with van der Waals surface area (Å²) in [6.07, 6.45) is 0. The van der Waals surface area contributed by atoms with E-state index in [9.17, 15) is 0 Å². The summed E-state index contributed by atoms with van der Waals surface area (Å²) >= 11 is 0. The molecule has 5 heteroatoms. The second-order valence-corrected chi connectivity index (χ2v) is 4.80. The zero-order valence-corrected chi connectivity index (χ0v) is 11.1. The van der Waals surface area contributed by atoms with Crippen molar-refractivity contribution >= 4 is 17.3 Å². The molecule has 1 aromatic carbocycles. The van der Waals surface area contributed by atoms with Crippen molar-refractivity contribution in [2.24, 2.45) is 16.5 Å². The van der Waals surface area contributed by atoms with Crippen molar-refractivity contribution in [1.29, 1.82) is 0 Å². The smallest absolute Gasteiger partial charge is 0.191 e. The zero-order chi connectivity index (χ0) is 13.1. The average Bonchev–Trinajstić information content (AvgIpc) is 2.30. The second-order valence-electron chi connectivity index (χ2n) is 4.80. The van der Waals surface area contributed by atoms with Crippen LogP contribution in [0.4, 0.5) is 11.4 Å². The summed E-state index contributed by atoms with van der Waals surface area (Å²) in [6, 6.07) is 6.08. The lowest BCUT2D eigenvalue weighted by atomic mass is 10.1. The number of hydrogen-bond donors (Lipinski definition) is 2. The number of benzene rings is 1. The molecule has 0 amide bonds. The summed E-state index contributed by atoms with van der Waals surface area (Å²) < 4.78 is 0. The van der Waals surface area contributed by atoms with Crippen molar-refractivity contribution in [2.45, 2.75) is 6.92 Å². The minimum Gasteiger partial charge on any atom is -0.370 e. The molecule has 0 atom stereocenters. The highest BCUT2D eigenvalue weighted by Crippen LogP contribution is 2.25. The van der Waals surface area contributed by atoms with Gasteiger partial charge in [-0.3, -0.25) is 0 Å². The number of nitrogens with two attached hydrogens (primary N) is 2. The largest absolute Gasteiger partial charge is 0.370 e. The molecule has 98 valence electrons. The van der Waals surface area contributed by atoms with Crippen LogP contribution in [0.15, 0.2) is 23.2 Å². The minimum atomic E-state index is 0.0988. The molecule has 1 aliphatic rings. The van der Waals surface area contributed by atoms with E-state index in [1.807, 2.05) is 12.1 Å². The third kappa shape index (κ3) is 2.92. The summed E-state index contributed by atoms with van der Waals surface area (Å²) in [7, 11) is 2.16. The van der Waals surface area contributed by atoms with Gasteiger partial charge < -0.3 is 21.3 Å². The molecule has 2 rings (SSSR count). The first-order valence-electron chi connectivity index (χ1n) is 6.20. The second kappa shape index (κ2) is 5.27. The number of aliphatic imine (C=N–C) groups is 1. The molecule has 0 aromatic heterocycles. The molecular weight excluding hydrogens is 226 g/mol. The molecule has 0 radical (unpaired) electrons. The lowest BCUT2D eigenvalue weighted by molar-refractivity contribution is 0.312. The SMILES string of the molecule is Cc1cc(N=C(N)N)ccc1N1CCN(C)CC1. The van der Waals surface area contributed by atoms with Gasteiger partial charge in [0.25, 0.3) is 0 Å². The van der Waals surface area contributed by atoms with Crippen molar-refractivity contribution in [3.63, 3.8) is 0 Å². The van der Waals surface area contributed by atoms with E-state index < -0.39 is 0 Å². The Kier molecular flexibility index (Phi) is 3.72. The number of guanidine groups is 1. The molecule has 1 aliphatic heterocycles. The number of likely N-dealkylation sites (N-methyl/N-ethyl adjacent to an activating group) is 1. The standard InChI is InChI=1S/C13H21N5/c1-10-9-11(16-13(14)15)3-4-12(10)18-7-5-17(2)6-8-18/h3-4,9H,5-8H2,1-2H3,(H4,14,15,16). The topological polar surface area (TPSA) is 70.9 Å². The third-order valence-corrected chi connectivity index (χ3v) is 3.28. The Bertz CT molecular complexity index is 443. The van der Waals surface area contributed by atoms with E-state index in [0.717, 1.165) is 31.9 Å². The van der Waals surface area contributed by atoms with Crippen LogP contribution in [0.25, 0.3) is 0 Å². The molecule has 1 heterocycles. The minimum absolute atomic E-state index is 0.0988. The maximum Gasteiger partial charge on any atom is 0.191 e. The van der Waals surface area contributed by atoms with E-state index in [2.05, 4.69) is 34.8 Å². The Balaban J connectivity index is 2.17. The van der Waals surface area contributed by atoms with Crippen LogP contribution in [0.2, 0.25) is 0 Å². The number of piperazine rings is 1. The van der Waals surface area contributed by atoms with Crippen LogP contribution < -0.4 is 16.4 Å². The first-order valence-corrected chi connectivity index (χ1v) is 6.20. The van der Waals surface area contributed by atoms with Crippen LogP contribution in [-0.2, 0) is 0 Å². The van der Waals surface area contributed by atoms with E-state index in [4.69, 9.17) is 11.5 Å². The molecule has 1 aromatic rings. The van der Waals surface area contributed by atoms with Crippen molar-refractivity contribution in [2.75, 3.05) is 38.1 Å². The van der Waals surface area contributed by atoms with E-state index in [0.29, 0.717) is 0 Å². The molecule has 1 saturated heterocycles. The fourth-order valence-corrected chi connectivity index (χ4v) is 2.26. The molecule has 0 spiro atoms. The van der Waals surface area contributed by atoms with E-state index in [1.165, 1.54) is 11.3 Å². The maximum absolute atomic E-state index is 5.38. The number of hydrogen-bond acceptors (Lipinski definition) is 3. The van der Waals surface area contributed by atoms with E-state index >= 15 is 0 Å². The van der Waals surface area contributed by atoms with Gasteiger partial charge in [-0.25, -0.2) is 4.99 Å². The lowest BCUT2D eigenvalue weighted by Gasteiger charge is -2.35. The van der Waals surface area contributed by atoms with Gasteiger partial charge in [0.1, 0.15) is 0 Å². The van der Waals surface area contributed by atoms with Crippen LogP contribution in [0, 0.1) is 6.92 Å². The summed E-state index contributed by atoms with van der Waals surface area (Å²) in [5.41, 5.74) is 14.1. The quantitative estimate of drug-likeness (QED) is 0.594. The fourth-order valence-electron chi connectivity index (χ4n) is 2.26. The zero-order valence-electron chi connectivity index (χ0n) is 11.1. The van der Waals surface area contributed by atoms with Crippen LogP contribution in [0.5, 0.6) is 0 Å². The molecule has 0 saturated carbocycles. The Morgan fingerprint density at radius 1 is 1.17 bits per heavy atom. The Labute approximate surface area is 108 Å². The van der Waals surface area contributed by atoms with E-state index in [1.54, 1.807) is 0 Å². The molecule has 18 heavy (non-hydrogen) atoms. The van der Waals surface area contributed by atoms with Gasteiger partial charge in [-0.05, 0) is 37.7 Å². The lowest BCUT2D eigenvalue weighted by Crippen LogP contribution is -2.44. The Morgan fingerprint density at radius 2 is 1.83 bits per heavy atom. The van der Waals surface area contributed by atoms with Gasteiger partial charge in [0, 0.05) is 31.9 Å². The van der Waals surface area contributed by atoms with Gasteiger partial charge in [-0.15, -0.1) is 0 Å². The fraction of sp³-hybridized carbons (Fsp3) is 0.462. The van der Waals surface area contributed by atoms with Crippen LogP contribution in [0.3, 0.4) is 0 Å². The number of aryl methyl sites for hydroxylation is 1. The molecule has 0 aliphatic carbocycles. The molecule has 0 bridgehead atoms. The summed E-state index contributed by atoms with van der Waals surface area (Å²) in [5, 5.41) is 0. The number of rotatable bonds is 2. The van der Waals surface area contributed by atoms with Crippen LogP contribution >= 0.6 is 0 Å². The predicted octanol–water partition coefficient (Wildman–Crippen LogP) is 0.652. The first-order chi connectivity index (χ1) is 8.56. The first kappa shape index (κ1) is 12.7. The molecule has 0 unspecified atom stereocenters. The molecular formula is C13H21N5. The van der Waals surface area contributed by atoms with Crippen LogP contribution in [-0.4, -0.2) is 44.1 Å². The predicted molar refractivity (Wildman–Crippen MR) is 76.4 cm³/mol. The maximum atomic E-state index is 5.38. The number of nitrogens with zero attached hydrogens (tertiary/aromatic N) is 3. The van der Waals surface area contributed by atoms with Gasteiger partial charge in [-0.1, -0.05) is 0 Å². The molecule has 5 nitrogen and oxygen atoms in total. The molecule has 4 N–H and O–H groups in total. The van der Waals surface area contributed by atoms with E-state index in [-0.39, 0.29) is 5.96 Å². The van der Waals surface area contributed by atoms with Gasteiger partial charge in [0.2, 0.25) is 0 Å². The highest BCUT2D eigenvalue weighted by molar-refractivity contribution is 5.79. The Hall–Kier alpha value is -1.75. The normalized spacial score (nSPS) is 16.7. The number of anilines is 1. The van der Waals surface area contributed by atoms with Crippen molar-refractivity contribution in [1.82, 2.24) is 4.90 Å². The van der Waals surface area contributed by atoms with Gasteiger partial charge in [-0.2, -0.15) is 0 Å².